The monoisotopic (exact) mass is 178 g/mol. The second-order valence-corrected chi connectivity index (χ2v) is 3.57. The molecule has 1 heterocycles. The first-order valence-electron chi connectivity index (χ1n) is 4.41. The van der Waals surface area contributed by atoms with E-state index in [0.29, 0.717) is 18.0 Å². The Bertz CT molecular complexity index is 308. The van der Waals surface area contributed by atoms with E-state index >= 15 is 0 Å². The van der Waals surface area contributed by atoms with Crippen LogP contribution >= 0.6 is 0 Å². The van der Waals surface area contributed by atoms with Gasteiger partial charge in [-0.2, -0.15) is 0 Å². The van der Waals surface area contributed by atoms with Crippen molar-refractivity contribution in [2.45, 2.75) is 27.2 Å². The highest BCUT2D eigenvalue weighted by molar-refractivity contribution is 5.94. The van der Waals surface area contributed by atoms with Gasteiger partial charge in [0.2, 0.25) is 0 Å². The Morgan fingerprint density at radius 3 is 2.69 bits per heavy atom. The fourth-order valence-electron chi connectivity index (χ4n) is 1.07. The number of aryl methyl sites for hydroxylation is 1. The lowest BCUT2D eigenvalue weighted by Crippen LogP contribution is -2.07. The molecule has 0 bridgehead atoms. The van der Waals surface area contributed by atoms with Gasteiger partial charge >= 0.3 is 0 Å². The molecule has 1 aromatic heterocycles. The average molecular weight is 178 g/mol. The Hall–Kier alpha value is -1.25. The maximum absolute atomic E-state index is 11.5. The molecule has 0 atom stereocenters. The molecule has 0 fully saturated rings. The predicted molar refractivity (Wildman–Crippen MR) is 50.6 cm³/mol. The molecule has 0 unspecified atom stereocenters. The van der Waals surface area contributed by atoms with Crippen molar-refractivity contribution in [1.29, 1.82) is 0 Å². The van der Waals surface area contributed by atoms with Crippen LogP contribution in [0.1, 0.15) is 36.5 Å². The third kappa shape index (κ3) is 2.93. The van der Waals surface area contributed by atoms with Crippen molar-refractivity contribution in [2.75, 3.05) is 0 Å². The summed E-state index contributed by atoms with van der Waals surface area (Å²) in [6.45, 7) is 5.86. The van der Waals surface area contributed by atoms with Gasteiger partial charge in [-0.3, -0.25) is 9.78 Å². The molecule has 1 aromatic rings. The molecule has 3 nitrogen and oxygen atoms in total. The van der Waals surface area contributed by atoms with Crippen LogP contribution in [0, 0.1) is 12.8 Å². The predicted octanol–water partition coefficient (Wildman–Crippen LogP) is 2.01. The Morgan fingerprint density at radius 2 is 2.15 bits per heavy atom. The topological polar surface area (TPSA) is 42.9 Å². The zero-order valence-corrected chi connectivity index (χ0v) is 8.24. The first-order valence-corrected chi connectivity index (χ1v) is 4.41. The molecule has 0 aromatic carbocycles. The molecule has 0 saturated heterocycles. The summed E-state index contributed by atoms with van der Waals surface area (Å²) in [5, 5.41) is 0. The smallest absolute Gasteiger partial charge is 0.183 e. The van der Waals surface area contributed by atoms with Crippen LogP contribution in [-0.4, -0.2) is 15.8 Å². The Morgan fingerprint density at radius 1 is 1.46 bits per heavy atom. The number of carbonyl (C=O) groups excluding carboxylic acids is 1. The summed E-state index contributed by atoms with van der Waals surface area (Å²) >= 11 is 0. The van der Waals surface area contributed by atoms with Gasteiger partial charge in [0, 0.05) is 12.6 Å². The van der Waals surface area contributed by atoms with E-state index in [0.717, 1.165) is 5.69 Å². The minimum Gasteiger partial charge on any atom is -0.292 e. The number of carbonyl (C=O) groups is 1. The first kappa shape index (κ1) is 9.84. The number of aromatic nitrogens is 2. The van der Waals surface area contributed by atoms with Crippen LogP contribution in [0.2, 0.25) is 0 Å². The number of ketones is 1. The van der Waals surface area contributed by atoms with Crippen molar-refractivity contribution in [3.05, 3.63) is 23.8 Å². The van der Waals surface area contributed by atoms with E-state index in [2.05, 4.69) is 9.97 Å². The summed E-state index contributed by atoms with van der Waals surface area (Å²) in [4.78, 5) is 19.5. The SMILES string of the molecule is Cc1cncc(C(=O)CC(C)C)n1. The van der Waals surface area contributed by atoms with Crippen LogP contribution in [-0.2, 0) is 0 Å². The molecule has 13 heavy (non-hydrogen) atoms. The van der Waals surface area contributed by atoms with E-state index in [9.17, 15) is 4.79 Å². The van der Waals surface area contributed by atoms with Gasteiger partial charge in [0.1, 0.15) is 5.69 Å². The van der Waals surface area contributed by atoms with Crippen LogP contribution in [0.15, 0.2) is 12.4 Å². The minimum absolute atomic E-state index is 0.0752. The number of rotatable bonds is 3. The van der Waals surface area contributed by atoms with Crippen LogP contribution in [0.25, 0.3) is 0 Å². The van der Waals surface area contributed by atoms with Gasteiger partial charge in [-0.15, -0.1) is 0 Å². The molecule has 0 radical (unpaired) electrons. The van der Waals surface area contributed by atoms with E-state index in [1.807, 2.05) is 20.8 Å². The average Bonchev–Trinajstić information content (AvgIpc) is 2.03. The normalized spacial score (nSPS) is 10.5. The van der Waals surface area contributed by atoms with E-state index < -0.39 is 0 Å². The molecule has 0 aliphatic rings. The maximum atomic E-state index is 11.5. The molecule has 3 heteroatoms. The highest BCUT2D eigenvalue weighted by Gasteiger charge is 2.09. The molecule has 0 amide bonds. The number of hydrogen-bond donors (Lipinski definition) is 0. The van der Waals surface area contributed by atoms with Gasteiger partial charge in [0.25, 0.3) is 0 Å². The van der Waals surface area contributed by atoms with Gasteiger partial charge in [-0.1, -0.05) is 13.8 Å². The zero-order valence-electron chi connectivity index (χ0n) is 8.24. The van der Waals surface area contributed by atoms with Crippen molar-refractivity contribution < 1.29 is 4.79 Å². The highest BCUT2D eigenvalue weighted by atomic mass is 16.1. The third-order valence-electron chi connectivity index (χ3n) is 1.63. The lowest BCUT2D eigenvalue weighted by Gasteiger charge is -2.02. The lowest BCUT2D eigenvalue weighted by atomic mass is 10.1. The molecule has 1 rings (SSSR count). The van der Waals surface area contributed by atoms with Gasteiger partial charge in [0.05, 0.1) is 11.9 Å². The van der Waals surface area contributed by atoms with Gasteiger partial charge in [-0.25, -0.2) is 4.98 Å². The Kier molecular flexibility index (Phi) is 3.12. The molecule has 70 valence electrons. The summed E-state index contributed by atoms with van der Waals surface area (Å²) in [7, 11) is 0. The molecule has 0 N–H and O–H groups in total. The summed E-state index contributed by atoms with van der Waals surface area (Å²) in [5.41, 5.74) is 1.27. The largest absolute Gasteiger partial charge is 0.292 e. The standard InChI is InChI=1S/C10H14N2O/c1-7(2)4-10(13)9-6-11-5-8(3)12-9/h5-7H,4H2,1-3H3. The first-order chi connectivity index (χ1) is 6.09. The van der Waals surface area contributed by atoms with Gasteiger partial charge < -0.3 is 0 Å². The van der Waals surface area contributed by atoms with Crippen molar-refractivity contribution in [3.8, 4) is 0 Å². The summed E-state index contributed by atoms with van der Waals surface area (Å²) in [6.07, 6.45) is 3.71. The molecule has 0 saturated carbocycles. The molecular weight excluding hydrogens is 164 g/mol. The number of hydrogen-bond acceptors (Lipinski definition) is 3. The van der Waals surface area contributed by atoms with E-state index in [-0.39, 0.29) is 5.78 Å². The van der Waals surface area contributed by atoms with Gasteiger partial charge in [-0.05, 0) is 12.8 Å². The van der Waals surface area contributed by atoms with E-state index in [1.165, 1.54) is 6.20 Å². The van der Waals surface area contributed by atoms with Crippen LogP contribution in [0.4, 0.5) is 0 Å². The Balaban J connectivity index is 2.77. The number of nitrogens with zero attached hydrogens (tertiary/aromatic N) is 2. The maximum Gasteiger partial charge on any atom is 0.183 e. The third-order valence-corrected chi connectivity index (χ3v) is 1.63. The van der Waals surface area contributed by atoms with Crippen molar-refractivity contribution >= 4 is 5.78 Å². The molecule has 0 aliphatic carbocycles. The van der Waals surface area contributed by atoms with E-state index in [1.54, 1.807) is 6.20 Å². The summed E-state index contributed by atoms with van der Waals surface area (Å²) < 4.78 is 0. The van der Waals surface area contributed by atoms with Crippen LogP contribution in [0.5, 0.6) is 0 Å². The quantitative estimate of drug-likeness (QED) is 0.665. The Labute approximate surface area is 78.2 Å². The van der Waals surface area contributed by atoms with Crippen molar-refractivity contribution in [2.24, 2.45) is 5.92 Å². The minimum atomic E-state index is 0.0752. The van der Waals surface area contributed by atoms with Crippen molar-refractivity contribution in [1.82, 2.24) is 9.97 Å². The van der Waals surface area contributed by atoms with Crippen LogP contribution in [0.3, 0.4) is 0 Å². The zero-order chi connectivity index (χ0) is 9.84. The van der Waals surface area contributed by atoms with Crippen LogP contribution < -0.4 is 0 Å². The van der Waals surface area contributed by atoms with Crippen molar-refractivity contribution in [3.63, 3.8) is 0 Å². The molecule has 0 aliphatic heterocycles. The summed E-state index contributed by atoms with van der Waals surface area (Å²) in [5.74, 6) is 0.445. The fraction of sp³-hybridized carbons (Fsp3) is 0.500. The number of Topliss-reactive ketones (excluding diaryl/α,β-unsaturated/α-hetero) is 1. The highest BCUT2D eigenvalue weighted by Crippen LogP contribution is 2.06. The second kappa shape index (κ2) is 4.12. The molecule has 0 spiro atoms. The molecular formula is C10H14N2O. The summed E-state index contributed by atoms with van der Waals surface area (Å²) in [6, 6.07) is 0. The fourth-order valence-corrected chi connectivity index (χ4v) is 1.07. The lowest BCUT2D eigenvalue weighted by molar-refractivity contribution is 0.0962. The van der Waals surface area contributed by atoms with Gasteiger partial charge in [0.15, 0.2) is 5.78 Å². The van der Waals surface area contributed by atoms with E-state index in [4.69, 9.17) is 0 Å². The second-order valence-electron chi connectivity index (χ2n) is 3.57.